The van der Waals surface area contributed by atoms with Crippen LogP contribution in [-0.2, 0) is 60.6 Å². The summed E-state index contributed by atoms with van der Waals surface area (Å²) in [5, 5.41) is 0. The first-order chi connectivity index (χ1) is 34.9. The maximum absolute atomic E-state index is 16.4. The summed E-state index contributed by atoms with van der Waals surface area (Å²) in [4.78, 5) is 87.0. The zero-order chi connectivity index (χ0) is 52.7. The molecular weight excluding hydrogens is 955 g/mol. The van der Waals surface area contributed by atoms with Crippen LogP contribution in [0.2, 0.25) is 25.2 Å². The van der Waals surface area contributed by atoms with E-state index in [1.807, 2.05) is 53.4 Å². The van der Waals surface area contributed by atoms with Crippen LogP contribution >= 0.6 is 0 Å². The molecule has 4 aliphatic rings. The number of likely N-dealkylation sites (tertiary alicyclic amines) is 2. The Labute approximate surface area is 430 Å². The van der Waals surface area contributed by atoms with Crippen LogP contribution in [0.5, 0.6) is 0 Å². The lowest BCUT2D eigenvalue weighted by Gasteiger charge is -2.38. The van der Waals surface area contributed by atoms with E-state index in [0.29, 0.717) is 70.4 Å². The lowest BCUT2D eigenvalue weighted by atomic mass is 9.95. The van der Waals surface area contributed by atoms with Gasteiger partial charge in [-0.1, -0.05) is 61.6 Å². The number of Topliss-reactive ketones (excluding diaryl/α,β-unsaturated/α-hetero) is 2. The summed E-state index contributed by atoms with van der Waals surface area (Å²) in [5.41, 5.74) is 3.77. The molecule has 0 bridgehead atoms. The van der Waals surface area contributed by atoms with Crippen molar-refractivity contribution in [2.24, 2.45) is 11.8 Å². The number of nitrogens with zero attached hydrogens (tertiary/aromatic N) is 4. The highest BCUT2D eigenvalue weighted by Crippen LogP contribution is 2.48. The number of anilines is 2. The Morgan fingerprint density at radius 1 is 0.603 bits per heavy atom. The fourth-order valence-corrected chi connectivity index (χ4v) is 13.4. The first kappa shape index (κ1) is 55.2. The molecular formula is C56H74F2N4O10Si. The van der Waals surface area contributed by atoms with E-state index in [4.69, 9.17) is 18.9 Å². The molecule has 2 amide bonds. The van der Waals surface area contributed by atoms with Crippen LogP contribution in [-0.4, -0.2) is 132 Å². The van der Waals surface area contributed by atoms with Gasteiger partial charge in [0.1, 0.15) is 5.69 Å². The van der Waals surface area contributed by atoms with E-state index in [1.165, 1.54) is 40.6 Å². The van der Waals surface area contributed by atoms with Gasteiger partial charge in [-0.3, -0.25) is 28.8 Å². The molecule has 4 heterocycles. The van der Waals surface area contributed by atoms with Crippen LogP contribution in [0.25, 0.3) is 0 Å². The Morgan fingerprint density at radius 2 is 1.00 bits per heavy atom. The largest absolute Gasteiger partial charge is 0.469 e. The summed E-state index contributed by atoms with van der Waals surface area (Å²) in [6.45, 7) is 10.1. The molecule has 4 aliphatic heterocycles. The van der Waals surface area contributed by atoms with Crippen LogP contribution in [0, 0.1) is 23.5 Å². The number of benzene rings is 3. The van der Waals surface area contributed by atoms with Crippen molar-refractivity contribution in [3.05, 3.63) is 94.6 Å². The third-order valence-corrected chi connectivity index (χ3v) is 19.3. The monoisotopic (exact) mass is 1030 g/mol. The van der Waals surface area contributed by atoms with Gasteiger partial charge in [0, 0.05) is 58.9 Å². The van der Waals surface area contributed by atoms with Gasteiger partial charge in [-0.25, -0.2) is 8.78 Å². The van der Waals surface area contributed by atoms with Gasteiger partial charge >= 0.3 is 11.9 Å². The molecule has 4 saturated heterocycles. The van der Waals surface area contributed by atoms with Gasteiger partial charge in [0.2, 0.25) is 11.8 Å². The van der Waals surface area contributed by atoms with Crippen molar-refractivity contribution >= 4 is 54.8 Å². The highest BCUT2D eigenvalue weighted by Gasteiger charge is 2.42. The van der Waals surface area contributed by atoms with Crippen molar-refractivity contribution in [2.75, 3.05) is 64.4 Å². The van der Waals surface area contributed by atoms with E-state index < -0.39 is 67.8 Å². The average molecular weight is 1030 g/mol. The standard InChI is InChI=1S/C56H74F2N4O10Si/c1-35(69-3)42(33-52(65)71-5)55(67)60-23-9-11-48(60)50(63)29-37-13-17-39(18-14-37)46-21-22-47(62(46)41-31-44(57)54(45(58)32-41)59-25-27-73(7,8)28-26-59)40-19-15-38(16-20-40)30-51(64)49-12-10-24-61(49)56(68)43(36(2)70-4)34-53(66)72-6/h13-20,31-32,35-36,42-43,46-49H,9-12,21-30,33-34H2,1-8H3/t35-,36-,42+,43+,46+,47+,48+,49+/m1/s1. The second kappa shape index (κ2) is 24.2. The van der Waals surface area contributed by atoms with Gasteiger partial charge in [-0.05, 0) is 98.8 Å². The number of methoxy groups -OCH3 is 4. The third kappa shape index (κ3) is 12.7. The molecule has 0 N–H and O–H groups in total. The van der Waals surface area contributed by atoms with Crippen LogP contribution in [0.3, 0.4) is 0 Å². The number of rotatable bonds is 20. The van der Waals surface area contributed by atoms with Gasteiger partial charge in [0.25, 0.3) is 0 Å². The number of ether oxygens (including phenoxy) is 4. The summed E-state index contributed by atoms with van der Waals surface area (Å²) >= 11 is 0. The van der Waals surface area contributed by atoms with Gasteiger partial charge < -0.3 is 38.5 Å². The van der Waals surface area contributed by atoms with Crippen molar-refractivity contribution in [1.29, 1.82) is 0 Å². The lowest BCUT2D eigenvalue weighted by molar-refractivity contribution is -0.151. The zero-order valence-corrected chi connectivity index (χ0v) is 44.8. The van der Waals surface area contributed by atoms with Crippen LogP contribution in [0.4, 0.5) is 20.2 Å². The second-order valence-corrected chi connectivity index (χ2v) is 26.6. The number of esters is 2. The fraction of sp³-hybridized carbons (Fsp3) is 0.571. The Hall–Kier alpha value is -5.52. The predicted molar refractivity (Wildman–Crippen MR) is 276 cm³/mol. The Bertz CT molecular complexity index is 2310. The van der Waals surface area contributed by atoms with Gasteiger partial charge in [0.15, 0.2) is 23.2 Å². The second-order valence-electron chi connectivity index (χ2n) is 21.2. The highest BCUT2D eigenvalue weighted by atomic mass is 28.3. The molecule has 396 valence electrons. The Morgan fingerprint density at radius 3 is 1.37 bits per heavy atom. The van der Waals surface area contributed by atoms with E-state index >= 15 is 8.78 Å². The molecule has 0 aromatic heterocycles. The number of carbonyl (C=O) groups excluding carboxylic acids is 6. The molecule has 0 spiro atoms. The van der Waals surface area contributed by atoms with Gasteiger partial charge in [0.05, 0.1) is 83.3 Å². The summed E-state index contributed by atoms with van der Waals surface area (Å²) in [6.07, 6.45) is 2.43. The number of halogens is 2. The summed E-state index contributed by atoms with van der Waals surface area (Å²) in [7, 11) is 4.09. The van der Waals surface area contributed by atoms with E-state index in [-0.39, 0.29) is 66.8 Å². The molecule has 0 saturated carbocycles. The maximum Gasteiger partial charge on any atom is 0.306 e. The van der Waals surface area contributed by atoms with E-state index in [2.05, 4.69) is 18.0 Å². The maximum atomic E-state index is 16.4. The topological polar surface area (TPSA) is 152 Å². The molecule has 3 aromatic carbocycles. The van der Waals surface area contributed by atoms with Crippen LogP contribution in [0.15, 0.2) is 60.7 Å². The molecule has 4 fully saturated rings. The zero-order valence-electron chi connectivity index (χ0n) is 43.8. The summed E-state index contributed by atoms with van der Waals surface area (Å²) < 4.78 is 53.5. The van der Waals surface area contributed by atoms with Crippen LogP contribution in [0.1, 0.15) is 99.6 Å². The summed E-state index contributed by atoms with van der Waals surface area (Å²) in [6, 6.07) is 18.5. The molecule has 0 radical (unpaired) electrons. The number of hydrogen-bond donors (Lipinski definition) is 0. The number of hydrogen-bond acceptors (Lipinski definition) is 12. The molecule has 17 heteroatoms. The number of ketones is 2. The molecule has 3 aromatic rings. The van der Waals surface area contributed by atoms with E-state index in [9.17, 15) is 28.8 Å². The SMILES string of the molecule is COC(=O)C[C@H](C(=O)N1CCC[C@H]1C(=O)Cc1ccc([C@@H]2CC[C@@H](c3ccc(CC(=O)[C@@H]4CCCN4C(=O)[C@@H](CC(=O)OC)[C@@H](C)OC)cc3)N2c2cc(F)c(N3CC[Si](C)(C)CC3)c(F)c2)cc1)[C@@H](C)OC. The van der Waals surface area contributed by atoms with Crippen molar-refractivity contribution in [2.45, 2.75) is 140 Å². The number of amides is 2. The van der Waals surface area contributed by atoms with Crippen molar-refractivity contribution in [3.63, 3.8) is 0 Å². The van der Waals surface area contributed by atoms with Gasteiger partial charge in [-0.2, -0.15) is 0 Å². The molecule has 73 heavy (non-hydrogen) atoms. The molecule has 0 aliphatic carbocycles. The summed E-state index contributed by atoms with van der Waals surface area (Å²) in [5.74, 6) is -4.68. The normalized spacial score (nSPS) is 22.4. The van der Waals surface area contributed by atoms with E-state index in [1.54, 1.807) is 23.6 Å². The van der Waals surface area contributed by atoms with Crippen molar-refractivity contribution in [3.8, 4) is 0 Å². The molecule has 8 atom stereocenters. The van der Waals surface area contributed by atoms with Gasteiger partial charge in [-0.15, -0.1) is 0 Å². The average Bonchev–Trinajstić information content (AvgIpc) is 4.18. The van der Waals surface area contributed by atoms with Crippen molar-refractivity contribution < 1.29 is 56.5 Å². The third-order valence-electron chi connectivity index (χ3n) is 16.2. The Kier molecular flexibility index (Phi) is 18.3. The van der Waals surface area contributed by atoms with Crippen LogP contribution < -0.4 is 9.80 Å². The van der Waals surface area contributed by atoms with Crippen molar-refractivity contribution in [1.82, 2.24) is 9.80 Å². The Balaban J connectivity index is 1.11. The molecule has 14 nitrogen and oxygen atoms in total. The molecule has 0 unspecified atom stereocenters. The predicted octanol–water partition coefficient (Wildman–Crippen LogP) is 8.21. The highest BCUT2D eigenvalue weighted by molar-refractivity contribution is 6.77. The van der Waals surface area contributed by atoms with E-state index in [0.717, 1.165) is 34.3 Å². The minimum atomic E-state index is -1.41. The number of carbonyl (C=O) groups is 6. The minimum Gasteiger partial charge on any atom is -0.469 e. The quantitative estimate of drug-likeness (QED) is 0.0793. The molecule has 7 rings (SSSR count). The first-order valence-electron chi connectivity index (χ1n) is 25.9. The first-order valence-corrected chi connectivity index (χ1v) is 29.4. The fourth-order valence-electron chi connectivity index (χ4n) is 11.4. The smallest absolute Gasteiger partial charge is 0.306 e. The lowest BCUT2D eigenvalue weighted by Crippen LogP contribution is -2.47. The minimum absolute atomic E-state index is 0.00744.